The Hall–Kier alpha value is -0.120. The van der Waals surface area contributed by atoms with Crippen LogP contribution in [0, 0.1) is 5.41 Å². The van der Waals surface area contributed by atoms with E-state index >= 15 is 0 Å². The van der Waals surface area contributed by atoms with Gasteiger partial charge in [0.2, 0.25) is 0 Å². The maximum atomic E-state index is 9.61. The van der Waals surface area contributed by atoms with Gasteiger partial charge < -0.3 is 15.2 Å². The number of nitrogens with one attached hydrogen (secondary N) is 1. The molecule has 0 aromatic heterocycles. The summed E-state index contributed by atoms with van der Waals surface area (Å²) in [6.45, 7) is 4.31. The van der Waals surface area contributed by atoms with Crippen molar-refractivity contribution in [3.05, 3.63) is 0 Å². The first-order valence-corrected chi connectivity index (χ1v) is 6.72. The molecule has 2 fully saturated rings. The first-order chi connectivity index (χ1) is 7.76. The summed E-state index contributed by atoms with van der Waals surface area (Å²) in [4.78, 5) is 0. The molecule has 0 aromatic carbocycles. The smallest absolute Gasteiger partial charge is 0.0700 e. The summed E-state index contributed by atoms with van der Waals surface area (Å²) in [5.41, 5.74) is 0.153. The molecule has 2 unspecified atom stereocenters. The summed E-state index contributed by atoms with van der Waals surface area (Å²) in [5, 5.41) is 13.2. The molecule has 1 aliphatic carbocycles. The van der Waals surface area contributed by atoms with Crippen LogP contribution in [-0.2, 0) is 4.74 Å². The highest BCUT2D eigenvalue weighted by molar-refractivity contribution is 4.88. The molecule has 0 amide bonds. The summed E-state index contributed by atoms with van der Waals surface area (Å²) in [5.74, 6) is 0. The molecular weight excluding hydrogens is 202 g/mol. The fraction of sp³-hybridized carbons (Fsp3) is 1.00. The number of aliphatic hydroxyl groups excluding tert-OH is 1. The van der Waals surface area contributed by atoms with Crippen LogP contribution in [0.1, 0.15) is 45.4 Å². The lowest BCUT2D eigenvalue weighted by Crippen LogP contribution is -2.45. The Balaban J connectivity index is 1.82. The fourth-order valence-corrected chi connectivity index (χ4v) is 3.04. The predicted molar refractivity (Wildman–Crippen MR) is 64.4 cm³/mol. The van der Waals surface area contributed by atoms with Gasteiger partial charge in [-0.2, -0.15) is 0 Å². The molecule has 2 aliphatic rings. The van der Waals surface area contributed by atoms with Crippen molar-refractivity contribution < 1.29 is 9.84 Å². The van der Waals surface area contributed by atoms with E-state index in [2.05, 4.69) is 12.2 Å². The quantitative estimate of drug-likeness (QED) is 0.768. The Labute approximate surface area is 98.6 Å². The second kappa shape index (κ2) is 5.48. The first-order valence-electron chi connectivity index (χ1n) is 6.72. The molecule has 3 heteroatoms. The zero-order valence-corrected chi connectivity index (χ0v) is 10.4. The van der Waals surface area contributed by atoms with E-state index in [1.54, 1.807) is 0 Å². The Bertz CT molecular complexity index is 214. The molecule has 1 saturated carbocycles. The second-order valence-corrected chi connectivity index (χ2v) is 5.57. The third kappa shape index (κ3) is 2.76. The number of hydrogen-bond acceptors (Lipinski definition) is 3. The van der Waals surface area contributed by atoms with Gasteiger partial charge >= 0.3 is 0 Å². The molecule has 0 bridgehead atoms. The molecule has 2 rings (SSSR count). The molecule has 94 valence electrons. The molecule has 1 aliphatic heterocycles. The van der Waals surface area contributed by atoms with Gasteiger partial charge in [0.25, 0.3) is 0 Å². The van der Waals surface area contributed by atoms with E-state index in [-0.39, 0.29) is 5.41 Å². The zero-order valence-electron chi connectivity index (χ0n) is 10.4. The molecule has 3 nitrogen and oxygen atoms in total. The molecule has 1 heterocycles. The summed E-state index contributed by atoms with van der Waals surface area (Å²) >= 11 is 0. The van der Waals surface area contributed by atoms with Crippen LogP contribution in [0.2, 0.25) is 0 Å². The summed E-state index contributed by atoms with van der Waals surface area (Å²) in [7, 11) is 0. The van der Waals surface area contributed by atoms with Gasteiger partial charge in [-0.15, -0.1) is 0 Å². The van der Waals surface area contributed by atoms with E-state index in [0.29, 0.717) is 18.8 Å². The predicted octanol–water partition coefficient (Wildman–Crippen LogP) is 1.70. The van der Waals surface area contributed by atoms with Crippen LogP contribution in [0.3, 0.4) is 0 Å². The van der Waals surface area contributed by atoms with Crippen molar-refractivity contribution in [2.45, 2.75) is 57.6 Å². The Morgan fingerprint density at radius 1 is 1.31 bits per heavy atom. The van der Waals surface area contributed by atoms with Crippen molar-refractivity contribution in [2.75, 3.05) is 19.8 Å². The van der Waals surface area contributed by atoms with Gasteiger partial charge in [0.05, 0.1) is 6.10 Å². The van der Waals surface area contributed by atoms with E-state index in [1.807, 2.05) is 0 Å². The van der Waals surface area contributed by atoms with Crippen molar-refractivity contribution in [3.8, 4) is 0 Å². The molecule has 0 aromatic rings. The lowest BCUT2D eigenvalue weighted by Gasteiger charge is -2.37. The summed E-state index contributed by atoms with van der Waals surface area (Å²) in [6, 6.07) is 0.491. The van der Waals surface area contributed by atoms with Gasteiger partial charge in [0, 0.05) is 31.2 Å². The van der Waals surface area contributed by atoms with Crippen molar-refractivity contribution >= 4 is 0 Å². The fourth-order valence-electron chi connectivity index (χ4n) is 3.04. The Morgan fingerprint density at radius 2 is 2.06 bits per heavy atom. The average molecular weight is 227 g/mol. The largest absolute Gasteiger partial charge is 0.396 e. The van der Waals surface area contributed by atoms with E-state index < -0.39 is 0 Å². The van der Waals surface area contributed by atoms with Gasteiger partial charge in [0.1, 0.15) is 0 Å². The second-order valence-electron chi connectivity index (χ2n) is 5.57. The van der Waals surface area contributed by atoms with Crippen LogP contribution >= 0.6 is 0 Å². The molecule has 0 spiro atoms. The minimum Gasteiger partial charge on any atom is -0.396 e. The summed E-state index contributed by atoms with van der Waals surface area (Å²) in [6.07, 6.45) is 7.70. The molecular formula is C13H25NO2. The molecule has 2 N–H and O–H groups in total. The Morgan fingerprint density at radius 3 is 2.62 bits per heavy atom. The number of rotatable bonds is 4. The van der Waals surface area contributed by atoms with Crippen LogP contribution in [-0.4, -0.2) is 37.0 Å². The maximum absolute atomic E-state index is 9.61. The standard InChI is InChI=1S/C13H25NO2/c1-11-12(5-8-16-11)14-9-13(10-15)6-3-2-4-7-13/h11-12,14-15H,2-10H2,1H3. The molecule has 2 atom stereocenters. The normalized spacial score (nSPS) is 34.1. The number of hydrogen-bond donors (Lipinski definition) is 2. The topological polar surface area (TPSA) is 41.5 Å². The highest BCUT2D eigenvalue weighted by Crippen LogP contribution is 2.35. The van der Waals surface area contributed by atoms with Crippen LogP contribution in [0.4, 0.5) is 0 Å². The maximum Gasteiger partial charge on any atom is 0.0700 e. The van der Waals surface area contributed by atoms with Gasteiger partial charge in [0.15, 0.2) is 0 Å². The number of ether oxygens (including phenoxy) is 1. The van der Waals surface area contributed by atoms with Crippen molar-refractivity contribution in [2.24, 2.45) is 5.41 Å². The van der Waals surface area contributed by atoms with Gasteiger partial charge in [-0.3, -0.25) is 0 Å². The zero-order chi connectivity index (χ0) is 11.4. The minimum atomic E-state index is 0.153. The van der Waals surface area contributed by atoms with Crippen molar-refractivity contribution in [1.29, 1.82) is 0 Å². The SMILES string of the molecule is CC1OCCC1NCC1(CO)CCCCC1. The van der Waals surface area contributed by atoms with Gasteiger partial charge in [-0.25, -0.2) is 0 Å². The van der Waals surface area contributed by atoms with E-state index in [9.17, 15) is 5.11 Å². The number of aliphatic hydroxyl groups is 1. The van der Waals surface area contributed by atoms with E-state index in [1.165, 1.54) is 32.1 Å². The van der Waals surface area contributed by atoms with Crippen LogP contribution in [0.5, 0.6) is 0 Å². The highest BCUT2D eigenvalue weighted by Gasteiger charge is 2.33. The lowest BCUT2D eigenvalue weighted by molar-refractivity contribution is 0.0698. The van der Waals surface area contributed by atoms with Crippen molar-refractivity contribution in [1.82, 2.24) is 5.32 Å². The van der Waals surface area contributed by atoms with Gasteiger partial charge in [-0.1, -0.05) is 19.3 Å². The monoisotopic (exact) mass is 227 g/mol. The lowest BCUT2D eigenvalue weighted by atomic mass is 9.74. The van der Waals surface area contributed by atoms with Crippen LogP contribution in [0.25, 0.3) is 0 Å². The average Bonchev–Trinajstić information content (AvgIpc) is 2.74. The molecule has 0 radical (unpaired) electrons. The molecule has 1 saturated heterocycles. The van der Waals surface area contributed by atoms with Crippen molar-refractivity contribution in [3.63, 3.8) is 0 Å². The van der Waals surface area contributed by atoms with E-state index in [4.69, 9.17) is 4.74 Å². The molecule has 16 heavy (non-hydrogen) atoms. The van der Waals surface area contributed by atoms with Gasteiger partial charge in [-0.05, 0) is 26.2 Å². The van der Waals surface area contributed by atoms with Crippen LogP contribution in [0.15, 0.2) is 0 Å². The first kappa shape index (κ1) is 12.3. The van der Waals surface area contributed by atoms with Crippen LogP contribution < -0.4 is 5.32 Å². The minimum absolute atomic E-state index is 0.153. The summed E-state index contributed by atoms with van der Waals surface area (Å²) < 4.78 is 5.55. The Kier molecular flexibility index (Phi) is 4.22. The third-order valence-electron chi connectivity index (χ3n) is 4.37. The third-order valence-corrected chi connectivity index (χ3v) is 4.37. The highest BCUT2D eigenvalue weighted by atomic mass is 16.5. The van der Waals surface area contributed by atoms with E-state index in [0.717, 1.165) is 19.6 Å².